The molecule has 1 aliphatic heterocycles. The van der Waals surface area contributed by atoms with Gasteiger partial charge in [-0.05, 0) is 49.6 Å². The molecule has 1 heterocycles. The van der Waals surface area contributed by atoms with Crippen LogP contribution in [0.3, 0.4) is 0 Å². The number of rotatable bonds is 7. The van der Waals surface area contributed by atoms with Gasteiger partial charge in [-0.25, -0.2) is 0 Å². The molecule has 2 aromatic rings. The summed E-state index contributed by atoms with van der Waals surface area (Å²) in [7, 11) is 0. The first-order chi connectivity index (χ1) is 13.0. The van der Waals surface area contributed by atoms with Crippen LogP contribution in [0.4, 0.5) is 0 Å². The summed E-state index contributed by atoms with van der Waals surface area (Å²) in [5.41, 5.74) is 7.62. The number of primary amides is 1. The fourth-order valence-electron chi connectivity index (χ4n) is 3.90. The summed E-state index contributed by atoms with van der Waals surface area (Å²) in [4.78, 5) is 15.3. The van der Waals surface area contributed by atoms with Crippen LogP contribution in [0.15, 0.2) is 54.1 Å². The van der Waals surface area contributed by atoms with E-state index in [0.29, 0.717) is 12.8 Å². The zero-order valence-electron chi connectivity index (χ0n) is 16.4. The number of carbonyl (C=O) groups is 1. The number of fused-ring (bicyclic) bond motifs is 1. The van der Waals surface area contributed by atoms with Gasteiger partial charge in [0, 0.05) is 13.1 Å². The number of hydrogen-bond acceptors (Lipinski definition) is 3. The maximum absolute atomic E-state index is 12.9. The molecule has 4 heteroatoms. The van der Waals surface area contributed by atoms with Crippen LogP contribution >= 0.6 is 0 Å². The predicted octanol–water partition coefficient (Wildman–Crippen LogP) is 3.64. The molecule has 1 atom stereocenters. The zero-order valence-corrected chi connectivity index (χ0v) is 16.4. The number of nitrogens with two attached hydrogens (primary N) is 1. The Morgan fingerprint density at radius 2 is 1.85 bits per heavy atom. The lowest BCUT2D eigenvalue weighted by Gasteiger charge is -2.35. The van der Waals surface area contributed by atoms with Crippen LogP contribution < -0.4 is 5.73 Å². The van der Waals surface area contributed by atoms with Crippen LogP contribution in [0.25, 0.3) is 10.8 Å². The van der Waals surface area contributed by atoms with Gasteiger partial charge in [-0.2, -0.15) is 0 Å². The largest absolute Gasteiger partial charge is 0.379 e. The molecule has 2 N–H and O–H groups in total. The standard InChI is InChI=1S/C23H30N2O2/c1-18(2)10-11-23(22(24)26,12-13-25-14-16-27-17-15-25)21-9-5-7-19-6-3-4-8-20(19)21/h3-10H,11-17H2,1-2H3,(H2,24,26). The van der Waals surface area contributed by atoms with Crippen molar-refractivity contribution in [3.05, 3.63) is 59.7 Å². The van der Waals surface area contributed by atoms with E-state index in [-0.39, 0.29) is 5.91 Å². The van der Waals surface area contributed by atoms with Crippen LogP contribution in [0.5, 0.6) is 0 Å². The van der Waals surface area contributed by atoms with Gasteiger partial charge >= 0.3 is 0 Å². The fourth-order valence-corrected chi connectivity index (χ4v) is 3.90. The van der Waals surface area contributed by atoms with Gasteiger partial charge in [-0.1, -0.05) is 54.1 Å². The molecule has 0 aromatic heterocycles. The van der Waals surface area contributed by atoms with E-state index in [4.69, 9.17) is 10.5 Å². The van der Waals surface area contributed by atoms with Gasteiger partial charge in [0.25, 0.3) is 0 Å². The van der Waals surface area contributed by atoms with E-state index in [9.17, 15) is 4.79 Å². The minimum atomic E-state index is -0.712. The fraction of sp³-hybridized carbons (Fsp3) is 0.435. The number of morpholine rings is 1. The van der Waals surface area contributed by atoms with Gasteiger partial charge in [-0.15, -0.1) is 0 Å². The predicted molar refractivity (Wildman–Crippen MR) is 111 cm³/mol. The third-order valence-corrected chi connectivity index (χ3v) is 5.59. The van der Waals surface area contributed by atoms with Crippen molar-refractivity contribution in [3.8, 4) is 0 Å². The Balaban J connectivity index is 2.03. The number of benzene rings is 2. The van der Waals surface area contributed by atoms with Crippen molar-refractivity contribution in [3.63, 3.8) is 0 Å². The second-order valence-electron chi connectivity index (χ2n) is 7.66. The highest BCUT2D eigenvalue weighted by atomic mass is 16.5. The molecule has 1 fully saturated rings. The van der Waals surface area contributed by atoms with Crippen molar-refractivity contribution >= 4 is 16.7 Å². The number of amides is 1. The Bertz CT molecular complexity index is 815. The molecule has 2 aromatic carbocycles. The van der Waals surface area contributed by atoms with Gasteiger partial charge < -0.3 is 10.5 Å². The van der Waals surface area contributed by atoms with Crippen molar-refractivity contribution in [2.45, 2.75) is 32.1 Å². The summed E-state index contributed by atoms with van der Waals surface area (Å²) in [6.07, 6.45) is 3.48. The van der Waals surface area contributed by atoms with Crippen LogP contribution in [0.1, 0.15) is 32.3 Å². The first kappa shape index (κ1) is 19.6. The van der Waals surface area contributed by atoms with Gasteiger partial charge in [0.1, 0.15) is 0 Å². The Hall–Kier alpha value is -2.17. The summed E-state index contributed by atoms with van der Waals surface area (Å²) in [5.74, 6) is -0.246. The molecule has 4 nitrogen and oxygen atoms in total. The molecule has 1 aliphatic rings. The average molecular weight is 367 g/mol. The van der Waals surface area contributed by atoms with Crippen molar-refractivity contribution < 1.29 is 9.53 Å². The quantitative estimate of drug-likeness (QED) is 0.761. The summed E-state index contributed by atoms with van der Waals surface area (Å²) in [6.45, 7) is 8.30. The van der Waals surface area contributed by atoms with E-state index in [0.717, 1.165) is 49.2 Å². The SMILES string of the molecule is CC(C)=CCC(CCN1CCOCC1)(C(N)=O)c1cccc2ccccc12. The summed E-state index contributed by atoms with van der Waals surface area (Å²) >= 11 is 0. The number of carbonyl (C=O) groups excluding carboxylic acids is 1. The van der Waals surface area contributed by atoms with Crippen molar-refractivity contribution in [1.29, 1.82) is 0 Å². The zero-order chi connectivity index (χ0) is 19.3. The van der Waals surface area contributed by atoms with Crippen LogP contribution in [-0.4, -0.2) is 43.7 Å². The summed E-state index contributed by atoms with van der Waals surface area (Å²) < 4.78 is 5.46. The molecular formula is C23H30N2O2. The molecule has 144 valence electrons. The van der Waals surface area contributed by atoms with Crippen LogP contribution in [-0.2, 0) is 14.9 Å². The van der Waals surface area contributed by atoms with E-state index >= 15 is 0 Å². The smallest absolute Gasteiger partial charge is 0.228 e. The number of hydrogen-bond donors (Lipinski definition) is 1. The third kappa shape index (κ3) is 4.40. The molecule has 0 bridgehead atoms. The Morgan fingerprint density at radius 1 is 1.15 bits per heavy atom. The highest BCUT2D eigenvalue weighted by molar-refractivity contribution is 5.95. The lowest BCUT2D eigenvalue weighted by Crippen LogP contribution is -2.45. The second-order valence-corrected chi connectivity index (χ2v) is 7.66. The highest BCUT2D eigenvalue weighted by Crippen LogP contribution is 2.37. The number of nitrogens with zero attached hydrogens (tertiary/aromatic N) is 1. The van der Waals surface area contributed by atoms with Gasteiger partial charge in [0.2, 0.25) is 5.91 Å². The van der Waals surface area contributed by atoms with Gasteiger partial charge in [0.05, 0.1) is 18.6 Å². The van der Waals surface area contributed by atoms with Crippen molar-refractivity contribution in [2.24, 2.45) is 5.73 Å². The monoisotopic (exact) mass is 366 g/mol. The van der Waals surface area contributed by atoms with Gasteiger partial charge in [0.15, 0.2) is 0 Å². The molecule has 1 saturated heterocycles. The maximum Gasteiger partial charge on any atom is 0.228 e. The Morgan fingerprint density at radius 3 is 2.56 bits per heavy atom. The highest BCUT2D eigenvalue weighted by Gasteiger charge is 2.39. The molecule has 0 radical (unpaired) electrons. The van der Waals surface area contributed by atoms with E-state index in [1.807, 2.05) is 18.2 Å². The lowest BCUT2D eigenvalue weighted by atomic mass is 9.72. The average Bonchev–Trinajstić information content (AvgIpc) is 2.68. The molecule has 1 amide bonds. The first-order valence-electron chi connectivity index (χ1n) is 9.74. The minimum absolute atomic E-state index is 0.246. The number of ether oxygens (including phenoxy) is 1. The summed E-state index contributed by atoms with van der Waals surface area (Å²) in [5, 5.41) is 2.26. The first-order valence-corrected chi connectivity index (χ1v) is 9.74. The molecule has 0 aliphatic carbocycles. The van der Waals surface area contributed by atoms with Crippen molar-refractivity contribution in [2.75, 3.05) is 32.8 Å². The van der Waals surface area contributed by atoms with E-state index in [1.165, 1.54) is 5.57 Å². The minimum Gasteiger partial charge on any atom is -0.379 e. The molecule has 27 heavy (non-hydrogen) atoms. The van der Waals surface area contributed by atoms with Crippen molar-refractivity contribution in [1.82, 2.24) is 4.90 Å². The summed E-state index contributed by atoms with van der Waals surface area (Å²) in [6, 6.07) is 14.4. The van der Waals surface area contributed by atoms with Gasteiger partial charge in [-0.3, -0.25) is 9.69 Å². The maximum atomic E-state index is 12.9. The molecule has 3 rings (SSSR count). The molecule has 1 unspecified atom stereocenters. The Kier molecular flexibility index (Phi) is 6.30. The van der Waals surface area contributed by atoms with Crippen LogP contribution in [0.2, 0.25) is 0 Å². The normalized spacial score (nSPS) is 17.4. The van der Waals surface area contributed by atoms with E-state index in [2.05, 4.69) is 49.1 Å². The molecular weight excluding hydrogens is 336 g/mol. The third-order valence-electron chi connectivity index (χ3n) is 5.59. The second kappa shape index (κ2) is 8.68. The van der Waals surface area contributed by atoms with E-state index in [1.54, 1.807) is 0 Å². The van der Waals surface area contributed by atoms with E-state index < -0.39 is 5.41 Å². The topological polar surface area (TPSA) is 55.6 Å². The Labute approximate surface area is 162 Å². The lowest BCUT2D eigenvalue weighted by molar-refractivity contribution is -0.124. The number of allylic oxidation sites excluding steroid dienone is 2. The molecule has 0 spiro atoms. The van der Waals surface area contributed by atoms with Crippen LogP contribution in [0, 0.1) is 0 Å². The molecule has 0 saturated carbocycles.